The monoisotopic (exact) mass is 1420 g/mol. The number of carboxylic acid groups (broad SMARTS) is 2. The van der Waals surface area contributed by atoms with Crippen molar-refractivity contribution in [1.82, 2.24) is 24.9 Å². The van der Waals surface area contributed by atoms with Gasteiger partial charge in [-0.15, -0.1) is 0 Å². The van der Waals surface area contributed by atoms with Gasteiger partial charge < -0.3 is 58.9 Å². The number of hydrogen-bond donors (Lipinski definition) is 11. The molecule has 0 radical (unpaired) electrons. The van der Waals surface area contributed by atoms with Gasteiger partial charge in [-0.3, -0.25) is 47.7 Å². The first-order chi connectivity index (χ1) is 45.5. The van der Waals surface area contributed by atoms with Crippen molar-refractivity contribution in [3.63, 3.8) is 0 Å². The maximum absolute atomic E-state index is 14.0. The van der Waals surface area contributed by atoms with Gasteiger partial charge in [0.05, 0.1) is 69.5 Å². The molecule has 15 N–H and O–H groups in total. The number of amides is 3. The fraction of sp³-hybridized carbons (Fsp3) is 0.292. The van der Waals surface area contributed by atoms with Gasteiger partial charge >= 0.3 is 11.9 Å². The molecule has 0 aliphatic carbocycles. The highest BCUT2D eigenvalue weighted by atomic mass is 35.5. The van der Waals surface area contributed by atoms with Crippen molar-refractivity contribution in [2.24, 2.45) is 34.8 Å². The van der Waals surface area contributed by atoms with Gasteiger partial charge in [-0.25, -0.2) is 17.6 Å². The van der Waals surface area contributed by atoms with Crippen LogP contribution in [0.1, 0.15) is 76.3 Å². The van der Waals surface area contributed by atoms with E-state index in [0.717, 1.165) is 0 Å². The van der Waals surface area contributed by atoms with Crippen LogP contribution in [-0.4, -0.2) is 136 Å². The van der Waals surface area contributed by atoms with E-state index >= 15 is 0 Å². The van der Waals surface area contributed by atoms with Gasteiger partial charge in [0.1, 0.15) is 48.2 Å². The van der Waals surface area contributed by atoms with Gasteiger partial charge in [-0.05, 0) is 79.3 Å². The molecule has 3 amide bonds. The summed E-state index contributed by atoms with van der Waals surface area (Å²) in [7, 11) is 0. The molecule has 0 saturated carbocycles. The molecule has 0 aliphatic rings. The second-order valence-electron chi connectivity index (χ2n) is 20.7. The number of carbonyl (C=O) groups excluding carboxylic acids is 6. The number of carbonyl (C=O) groups is 8. The lowest BCUT2D eigenvalue weighted by Gasteiger charge is -2.15. The van der Waals surface area contributed by atoms with Gasteiger partial charge in [-0.1, -0.05) is 138 Å². The number of aryl methyl sites for hydroxylation is 3. The molecule has 23 nitrogen and oxygen atoms in total. The molecule has 2 aromatic heterocycles. The molecule has 8 aromatic rings. The molecule has 0 fully saturated rings. The molecular weight excluding hydrogens is 1350 g/mol. The van der Waals surface area contributed by atoms with Crippen molar-refractivity contribution in [2.75, 3.05) is 26.4 Å². The Labute approximate surface area is 567 Å². The molecule has 8 rings (SSSR count). The molecule has 96 heavy (non-hydrogen) atoms. The molecule has 0 unspecified atom stereocenters. The Balaban J connectivity index is 0.000000319. The molecule has 516 valence electrons. The number of ketones is 3. The van der Waals surface area contributed by atoms with Crippen molar-refractivity contribution >= 4 is 115 Å². The Morgan fingerprint density at radius 2 is 0.854 bits per heavy atom. The Morgan fingerprint density at radius 1 is 0.490 bits per heavy atom. The van der Waals surface area contributed by atoms with Crippen molar-refractivity contribution in [1.29, 1.82) is 0 Å². The van der Waals surface area contributed by atoms with Gasteiger partial charge in [0.25, 0.3) is 11.8 Å². The zero-order chi connectivity index (χ0) is 71.9. The minimum absolute atomic E-state index is 0.0294. The van der Waals surface area contributed by atoms with E-state index in [4.69, 9.17) is 94.9 Å². The van der Waals surface area contributed by atoms with Crippen LogP contribution in [0.4, 0.5) is 17.6 Å². The van der Waals surface area contributed by atoms with Gasteiger partial charge in [0.2, 0.25) is 5.91 Å². The summed E-state index contributed by atoms with van der Waals surface area (Å²) >= 11 is 22.4. The van der Waals surface area contributed by atoms with Crippen LogP contribution in [0.25, 0.3) is 21.8 Å². The first-order valence-corrected chi connectivity index (χ1v) is 30.4. The lowest BCUT2D eigenvalue weighted by atomic mass is 10.00. The summed E-state index contributed by atoms with van der Waals surface area (Å²) in [6.07, 6.45) is 0.842. The third-order valence-corrected chi connectivity index (χ3v) is 14.8. The summed E-state index contributed by atoms with van der Waals surface area (Å²) in [5, 5.41) is 63.5. The Bertz CT molecular complexity index is 3900. The first-order valence-electron chi connectivity index (χ1n) is 28.9. The number of Topliss-reactive ketones (excluding diaryl/α,β-unsaturated/α-hetero) is 3. The van der Waals surface area contributed by atoms with Crippen molar-refractivity contribution < 1.29 is 86.6 Å². The largest absolute Gasteiger partial charge is 0.481 e. The molecule has 0 spiro atoms. The van der Waals surface area contributed by atoms with Crippen LogP contribution < -0.4 is 28.3 Å². The van der Waals surface area contributed by atoms with E-state index in [-0.39, 0.29) is 119 Å². The number of nitrogens with two attached hydrogens (primary N) is 4. The van der Waals surface area contributed by atoms with E-state index < -0.39 is 89.9 Å². The van der Waals surface area contributed by atoms with Gasteiger partial charge in [0, 0.05) is 48.1 Å². The fourth-order valence-corrected chi connectivity index (χ4v) is 8.96. The zero-order valence-corrected chi connectivity index (χ0v) is 54.6. The molecule has 4 atom stereocenters. The number of benzene rings is 6. The third-order valence-electron chi connectivity index (χ3n) is 13.7. The molecular formula is C65H71Cl4F4N9O14. The molecule has 0 saturated heterocycles. The van der Waals surface area contributed by atoms with E-state index in [1.54, 1.807) is 97.9 Å². The number of hydrogen-bond acceptors (Lipinski definition) is 16. The fourth-order valence-electron chi connectivity index (χ4n) is 8.18. The predicted octanol–water partition coefficient (Wildman–Crippen LogP) is 7.37. The molecule has 31 heteroatoms. The van der Waals surface area contributed by atoms with Crippen LogP contribution >= 0.6 is 46.4 Å². The van der Waals surface area contributed by atoms with Crippen LogP contribution in [0.5, 0.6) is 0 Å². The Morgan fingerprint density at radius 3 is 1.19 bits per heavy atom. The number of aliphatic hydroxyl groups excluding tert-OH is 4. The van der Waals surface area contributed by atoms with Crippen LogP contribution in [0, 0.1) is 35.1 Å². The maximum atomic E-state index is 14.0. The first kappa shape index (κ1) is 81.5. The summed E-state index contributed by atoms with van der Waals surface area (Å²) in [4.78, 5) is 90.7. The minimum atomic E-state index is -1.16. The number of para-hydroxylation sites is 2. The third kappa shape index (κ3) is 25.4. The quantitative estimate of drug-likeness (QED) is 0.0249. The Hall–Kier alpha value is -8.74. The second kappa shape index (κ2) is 41.3. The summed E-state index contributed by atoms with van der Waals surface area (Å²) < 4.78 is 56.2. The predicted molar refractivity (Wildman–Crippen MR) is 352 cm³/mol. The van der Waals surface area contributed by atoms with E-state index in [2.05, 4.69) is 15.5 Å². The number of fused-ring (bicyclic) bond motifs is 2. The lowest BCUT2D eigenvalue weighted by molar-refractivity contribution is -0.142. The summed E-state index contributed by atoms with van der Waals surface area (Å²) in [5.74, 6) is -7.78. The highest BCUT2D eigenvalue weighted by Crippen LogP contribution is 2.24. The summed E-state index contributed by atoms with van der Waals surface area (Å²) in [5.41, 5.74) is 23.8. The number of halogens is 8. The lowest BCUT2D eigenvalue weighted by Crippen LogP contribution is -2.45. The number of carboxylic acids is 2. The van der Waals surface area contributed by atoms with Crippen LogP contribution in [0.3, 0.4) is 0 Å². The topological polar surface area (TPSA) is 410 Å². The Kier molecular flexibility index (Phi) is 35.0. The number of aliphatic hydroxyl groups is 4. The number of aliphatic carboxylic acids is 2. The maximum Gasteiger partial charge on any atom is 0.325 e. The van der Waals surface area contributed by atoms with Gasteiger partial charge in [0.15, 0.2) is 23.0 Å². The average Bonchev–Trinajstić information content (AvgIpc) is 1.66. The molecule has 2 heterocycles. The van der Waals surface area contributed by atoms with E-state index in [0.29, 0.717) is 44.9 Å². The molecule has 0 bridgehead atoms. The highest BCUT2D eigenvalue weighted by molar-refractivity contribution is 6.31. The number of aromatic nitrogens is 4. The van der Waals surface area contributed by atoms with Crippen LogP contribution in [0.15, 0.2) is 121 Å². The number of rotatable bonds is 25. The van der Waals surface area contributed by atoms with Gasteiger partial charge in [-0.2, -0.15) is 10.2 Å². The SMILES string of the molecule is C[C@@H](CO)C(=O)CCc1cccc(Cl)c1F.C[C@@H](CO)C(=O)O.NC(=O)c1nn(CC(=O)N[C@@H](CO)C(=O)CCc2cccc(Cl)c2F)c2ccccc12.NC(=O)c1nn(CC(=O)O)c2ccccc12.NCc1cccc(Cl)c1F.N[C@@H](CO)C(=O)CCc1cccc(Cl)c1F. The number of primary amides is 2. The second-order valence-corrected chi connectivity index (χ2v) is 22.3. The number of nitrogens with one attached hydrogen (secondary N) is 1. The smallest absolute Gasteiger partial charge is 0.325 e. The normalized spacial score (nSPS) is 11.8. The number of nitrogens with zero attached hydrogens (tertiary/aromatic N) is 4. The van der Waals surface area contributed by atoms with Crippen molar-refractivity contribution in [3.05, 3.63) is 198 Å². The highest BCUT2D eigenvalue weighted by Gasteiger charge is 2.23. The minimum Gasteiger partial charge on any atom is -0.481 e. The zero-order valence-electron chi connectivity index (χ0n) is 51.6. The van der Waals surface area contributed by atoms with E-state index in [1.165, 1.54) is 46.6 Å². The van der Waals surface area contributed by atoms with Crippen LogP contribution in [-0.2, 0) is 67.7 Å². The van der Waals surface area contributed by atoms with Crippen molar-refractivity contribution in [2.45, 2.75) is 84.1 Å². The average molecular weight is 1420 g/mol. The van der Waals surface area contributed by atoms with Crippen molar-refractivity contribution in [3.8, 4) is 0 Å². The standard InChI is InChI=1S/C21H20ClFN4O4.C12H14ClFO2.C11H13ClFNO2.C10H9N3O3.C7H7ClFN.C4H8O3/c22-14-6-3-4-12(19(14)23)8-9-17(29)15(11-28)25-18(30)10-27-16-7-2-1-5-13(16)20(26-27)21(24)31;1-8(7-15)11(16)6-5-9-3-2-4-10(13)12(9)14;12-8-3-1-2-7(11(8)13)4-5-10(16)9(14)6-15;11-10(16)9-6-3-1-2-4-7(6)13(12-9)5-8(14)15;8-6-3-1-2-5(4-10)7(6)9;1-3(2-5)4(6)7/h1-7,15,28H,8-11H2,(H2,24,31)(H,25,30);2-4,8,15H,5-7H2,1H3;1-3,9,15H,4-6,14H2;1-4H,5H2,(H2,11,16)(H,14,15);1-3H,4,10H2;3,5H,2H2,1H3,(H,6,7)/t15-;8-;9-;;;3-/m000..0/s1. The molecule has 6 aromatic carbocycles. The molecule has 0 aliphatic heterocycles. The summed E-state index contributed by atoms with van der Waals surface area (Å²) in [6, 6.07) is 30.2. The van der Waals surface area contributed by atoms with Crippen LogP contribution in [0.2, 0.25) is 20.1 Å². The summed E-state index contributed by atoms with van der Waals surface area (Å²) in [6.45, 7) is 1.23. The van der Waals surface area contributed by atoms with E-state index in [9.17, 15) is 61.0 Å². The van der Waals surface area contributed by atoms with E-state index in [1.807, 2.05) is 0 Å².